The second kappa shape index (κ2) is 7.30. The first-order valence-corrected chi connectivity index (χ1v) is 9.59. The Balaban J connectivity index is 1.52. The van der Waals surface area contributed by atoms with Gasteiger partial charge in [-0.25, -0.2) is 4.79 Å². The highest BCUT2D eigenvalue weighted by atomic mass is 16.2. The number of carbonyl (C=O) groups is 2. The van der Waals surface area contributed by atoms with E-state index in [1.165, 1.54) is 12.8 Å². The number of urea groups is 1. The molecule has 3 amide bonds. The van der Waals surface area contributed by atoms with E-state index in [1.54, 1.807) is 0 Å². The number of hydrogen-bond donors (Lipinski definition) is 3. The van der Waals surface area contributed by atoms with Crippen LogP contribution in [0.3, 0.4) is 0 Å². The monoisotopic (exact) mass is 336 g/mol. The van der Waals surface area contributed by atoms with Crippen LogP contribution in [0.15, 0.2) is 0 Å². The summed E-state index contributed by atoms with van der Waals surface area (Å²) in [6, 6.07) is 0.324. The molecule has 0 aromatic heterocycles. The number of hydrogen-bond acceptors (Lipinski definition) is 3. The lowest BCUT2D eigenvalue weighted by Gasteiger charge is -2.36. The Kier molecular flexibility index (Phi) is 5.33. The van der Waals surface area contributed by atoms with Crippen molar-refractivity contribution in [1.29, 1.82) is 0 Å². The predicted octanol–water partition coefficient (Wildman–Crippen LogP) is 1.59. The van der Waals surface area contributed by atoms with Crippen LogP contribution in [0.1, 0.15) is 58.3 Å². The molecule has 1 heterocycles. The molecule has 2 atom stereocenters. The van der Waals surface area contributed by atoms with Crippen LogP contribution in [0.25, 0.3) is 0 Å². The van der Waals surface area contributed by atoms with Gasteiger partial charge in [-0.1, -0.05) is 12.8 Å². The molecule has 136 valence electrons. The van der Waals surface area contributed by atoms with Gasteiger partial charge >= 0.3 is 6.03 Å². The molecule has 0 spiro atoms. The summed E-state index contributed by atoms with van der Waals surface area (Å²) >= 11 is 0. The van der Waals surface area contributed by atoms with Crippen LogP contribution in [0.5, 0.6) is 0 Å². The fourth-order valence-electron chi connectivity index (χ4n) is 4.14. The smallest absolute Gasteiger partial charge is 0.317 e. The first-order chi connectivity index (χ1) is 11.5. The van der Waals surface area contributed by atoms with Crippen LogP contribution in [0, 0.1) is 11.8 Å². The van der Waals surface area contributed by atoms with E-state index in [0.717, 1.165) is 45.1 Å². The second-order valence-electron chi connectivity index (χ2n) is 8.10. The molecule has 24 heavy (non-hydrogen) atoms. The fourth-order valence-corrected chi connectivity index (χ4v) is 4.14. The Morgan fingerprint density at radius 3 is 2.46 bits per heavy atom. The van der Waals surface area contributed by atoms with Crippen LogP contribution in [-0.4, -0.2) is 48.1 Å². The summed E-state index contributed by atoms with van der Waals surface area (Å²) in [5, 5.41) is 6.32. The number of nitrogens with two attached hydrogens (primary N) is 1. The molecule has 2 unspecified atom stereocenters. The molecular weight excluding hydrogens is 304 g/mol. The highest BCUT2D eigenvalue weighted by molar-refractivity contribution is 5.81. The predicted molar refractivity (Wildman–Crippen MR) is 93.4 cm³/mol. The maximum absolute atomic E-state index is 12.7. The van der Waals surface area contributed by atoms with Gasteiger partial charge < -0.3 is 21.3 Å². The van der Waals surface area contributed by atoms with Gasteiger partial charge in [0.05, 0.1) is 11.5 Å². The minimum Gasteiger partial charge on any atom is -0.349 e. The minimum absolute atomic E-state index is 0.00294. The molecule has 0 radical (unpaired) electrons. The molecule has 6 nitrogen and oxygen atoms in total. The number of nitrogens with zero attached hydrogens (tertiary/aromatic N) is 1. The van der Waals surface area contributed by atoms with E-state index in [9.17, 15) is 9.59 Å². The summed E-state index contributed by atoms with van der Waals surface area (Å²) in [6.07, 6.45) is 8.61. The van der Waals surface area contributed by atoms with Gasteiger partial charge in [0.15, 0.2) is 0 Å². The number of amides is 3. The van der Waals surface area contributed by atoms with Gasteiger partial charge in [-0.2, -0.15) is 0 Å². The zero-order valence-electron chi connectivity index (χ0n) is 14.9. The first kappa shape index (κ1) is 17.5. The molecular formula is C18H32N4O2. The molecule has 0 bridgehead atoms. The summed E-state index contributed by atoms with van der Waals surface area (Å²) in [7, 11) is 0. The van der Waals surface area contributed by atoms with E-state index in [2.05, 4.69) is 17.6 Å². The quantitative estimate of drug-likeness (QED) is 0.712. The van der Waals surface area contributed by atoms with Crippen molar-refractivity contribution < 1.29 is 9.59 Å². The Labute approximate surface area is 144 Å². The molecule has 3 aliphatic rings. The standard InChI is InChI=1S/C18H32N4O2/c1-18(12-19,14-8-9-14)21-16(23)13-5-4-10-22(11-13)17(24)20-15-6-2-3-7-15/h13-15H,2-12,19H2,1H3,(H,20,24)(H,21,23). The summed E-state index contributed by atoms with van der Waals surface area (Å²) in [5.41, 5.74) is 5.62. The van der Waals surface area contributed by atoms with E-state index >= 15 is 0 Å². The summed E-state index contributed by atoms with van der Waals surface area (Å²) in [6.45, 7) is 3.80. The van der Waals surface area contributed by atoms with Crippen molar-refractivity contribution in [1.82, 2.24) is 15.5 Å². The van der Waals surface area contributed by atoms with E-state index in [1.807, 2.05) is 4.90 Å². The highest BCUT2D eigenvalue weighted by Gasteiger charge is 2.43. The number of carbonyl (C=O) groups excluding carboxylic acids is 2. The van der Waals surface area contributed by atoms with Crippen molar-refractivity contribution in [3.63, 3.8) is 0 Å². The zero-order chi connectivity index (χ0) is 17.2. The molecule has 2 aliphatic carbocycles. The van der Waals surface area contributed by atoms with E-state index in [4.69, 9.17) is 5.73 Å². The van der Waals surface area contributed by atoms with Gasteiger partial charge in [0.1, 0.15) is 0 Å². The van der Waals surface area contributed by atoms with Crippen molar-refractivity contribution in [2.75, 3.05) is 19.6 Å². The van der Waals surface area contributed by atoms with Gasteiger partial charge in [0, 0.05) is 25.7 Å². The number of likely N-dealkylation sites (tertiary alicyclic amines) is 1. The highest BCUT2D eigenvalue weighted by Crippen LogP contribution is 2.39. The molecule has 6 heteroatoms. The van der Waals surface area contributed by atoms with Crippen LogP contribution in [0.2, 0.25) is 0 Å². The average molecular weight is 336 g/mol. The molecule has 2 saturated carbocycles. The normalized spacial score (nSPS) is 27.6. The van der Waals surface area contributed by atoms with Crippen LogP contribution >= 0.6 is 0 Å². The van der Waals surface area contributed by atoms with Gasteiger partial charge in [-0.3, -0.25) is 4.79 Å². The summed E-state index contributed by atoms with van der Waals surface area (Å²) < 4.78 is 0. The van der Waals surface area contributed by atoms with Gasteiger partial charge in [-0.15, -0.1) is 0 Å². The van der Waals surface area contributed by atoms with Gasteiger partial charge in [-0.05, 0) is 51.4 Å². The number of nitrogens with one attached hydrogen (secondary N) is 2. The van der Waals surface area contributed by atoms with Crippen LogP contribution in [-0.2, 0) is 4.79 Å². The molecule has 0 aromatic carbocycles. The van der Waals surface area contributed by atoms with Gasteiger partial charge in [0.25, 0.3) is 0 Å². The van der Waals surface area contributed by atoms with Crippen molar-refractivity contribution in [2.24, 2.45) is 17.6 Å². The average Bonchev–Trinajstić information content (AvgIpc) is 3.34. The molecule has 3 fully saturated rings. The topological polar surface area (TPSA) is 87.5 Å². The minimum atomic E-state index is -0.286. The van der Waals surface area contributed by atoms with Crippen molar-refractivity contribution >= 4 is 11.9 Å². The zero-order valence-corrected chi connectivity index (χ0v) is 14.9. The SMILES string of the molecule is CC(CN)(NC(=O)C1CCCN(C(=O)NC2CCCC2)C1)C1CC1. The number of rotatable bonds is 5. The molecule has 1 saturated heterocycles. The van der Waals surface area contributed by atoms with Crippen molar-refractivity contribution in [2.45, 2.75) is 69.9 Å². The Bertz CT molecular complexity index is 474. The van der Waals surface area contributed by atoms with E-state index in [0.29, 0.717) is 25.0 Å². The Morgan fingerprint density at radius 1 is 1.12 bits per heavy atom. The maximum atomic E-state index is 12.7. The van der Waals surface area contributed by atoms with Crippen molar-refractivity contribution in [3.05, 3.63) is 0 Å². The largest absolute Gasteiger partial charge is 0.349 e. The Hall–Kier alpha value is -1.30. The van der Waals surface area contributed by atoms with E-state index < -0.39 is 0 Å². The lowest BCUT2D eigenvalue weighted by atomic mass is 9.92. The maximum Gasteiger partial charge on any atom is 0.317 e. The Morgan fingerprint density at radius 2 is 1.83 bits per heavy atom. The lowest BCUT2D eigenvalue weighted by Crippen LogP contribution is -2.57. The van der Waals surface area contributed by atoms with Gasteiger partial charge in [0.2, 0.25) is 5.91 Å². The third-order valence-corrected chi connectivity index (χ3v) is 6.07. The lowest BCUT2D eigenvalue weighted by molar-refractivity contribution is -0.128. The summed E-state index contributed by atoms with van der Waals surface area (Å²) in [5.74, 6) is 0.461. The van der Waals surface area contributed by atoms with Crippen LogP contribution < -0.4 is 16.4 Å². The molecule has 3 rings (SSSR count). The molecule has 0 aromatic rings. The molecule has 1 aliphatic heterocycles. The fraction of sp³-hybridized carbons (Fsp3) is 0.889. The van der Waals surface area contributed by atoms with Crippen molar-refractivity contribution in [3.8, 4) is 0 Å². The number of piperidine rings is 1. The molecule has 4 N–H and O–H groups in total. The third kappa shape index (κ3) is 4.02. The van der Waals surface area contributed by atoms with Crippen LogP contribution in [0.4, 0.5) is 4.79 Å². The van der Waals surface area contributed by atoms with E-state index in [-0.39, 0.29) is 23.4 Å². The second-order valence-corrected chi connectivity index (χ2v) is 8.10. The first-order valence-electron chi connectivity index (χ1n) is 9.59. The summed E-state index contributed by atoms with van der Waals surface area (Å²) in [4.78, 5) is 27.0. The third-order valence-electron chi connectivity index (χ3n) is 6.07.